The van der Waals surface area contributed by atoms with Gasteiger partial charge >= 0.3 is 0 Å². The van der Waals surface area contributed by atoms with Crippen molar-refractivity contribution in [2.24, 2.45) is 0 Å². The molecule has 1 amide bonds. The van der Waals surface area contributed by atoms with Crippen LogP contribution in [-0.2, 0) is 10.5 Å². The first-order valence-corrected chi connectivity index (χ1v) is 11.2. The third-order valence-electron chi connectivity index (χ3n) is 5.97. The topological polar surface area (TPSA) is 101 Å². The molecule has 8 nitrogen and oxygen atoms in total. The van der Waals surface area contributed by atoms with Crippen LogP contribution in [0.3, 0.4) is 0 Å². The molecule has 0 aromatic heterocycles. The summed E-state index contributed by atoms with van der Waals surface area (Å²) < 4.78 is 21.3. The summed E-state index contributed by atoms with van der Waals surface area (Å²) in [6.45, 7) is 0. The zero-order valence-corrected chi connectivity index (χ0v) is 19.6. The molecule has 0 saturated carbocycles. The Hall–Kier alpha value is -3.35. The molecule has 0 radical (unpaired) electrons. The summed E-state index contributed by atoms with van der Waals surface area (Å²) in [4.78, 5) is 14.7. The van der Waals surface area contributed by atoms with Gasteiger partial charge in [0.05, 0.1) is 50.9 Å². The van der Waals surface area contributed by atoms with Gasteiger partial charge in [0, 0.05) is 17.9 Å². The first-order chi connectivity index (χ1) is 15.9. The van der Waals surface area contributed by atoms with E-state index in [1.54, 1.807) is 37.4 Å². The van der Waals surface area contributed by atoms with Crippen LogP contribution >= 0.6 is 11.8 Å². The van der Waals surface area contributed by atoms with Gasteiger partial charge in [-0.05, 0) is 29.8 Å². The summed E-state index contributed by atoms with van der Waals surface area (Å²) in [5.41, 5.74) is 0.0781. The fourth-order valence-electron chi connectivity index (χ4n) is 4.28. The SMILES string of the molecule is COc1ccc(C2CC(=O)N3C(=C2C#N)SCC3(O)c2ccc(OC)c(OC)c2)cc1OC. The number of amides is 1. The number of hydrogen-bond donors (Lipinski definition) is 1. The summed E-state index contributed by atoms with van der Waals surface area (Å²) >= 11 is 1.29. The molecule has 4 rings (SSSR count). The second-order valence-electron chi connectivity index (χ2n) is 7.61. The number of nitriles is 1. The first-order valence-electron chi connectivity index (χ1n) is 10.2. The number of rotatable bonds is 6. The Kier molecular flexibility index (Phi) is 6.15. The number of aliphatic hydroxyl groups is 1. The Morgan fingerprint density at radius 2 is 1.61 bits per heavy atom. The molecule has 172 valence electrons. The van der Waals surface area contributed by atoms with Crippen LogP contribution in [0.15, 0.2) is 47.0 Å². The van der Waals surface area contributed by atoms with Crippen LogP contribution in [0.4, 0.5) is 0 Å². The zero-order valence-electron chi connectivity index (χ0n) is 18.7. The van der Waals surface area contributed by atoms with Crippen molar-refractivity contribution in [1.29, 1.82) is 5.26 Å². The van der Waals surface area contributed by atoms with Gasteiger partial charge in [0.2, 0.25) is 5.91 Å². The molecule has 0 aliphatic carbocycles. The predicted molar refractivity (Wildman–Crippen MR) is 122 cm³/mol. The van der Waals surface area contributed by atoms with E-state index in [0.717, 1.165) is 5.56 Å². The molecular weight excluding hydrogens is 444 g/mol. The molecule has 1 saturated heterocycles. The Labute approximate surface area is 196 Å². The van der Waals surface area contributed by atoms with E-state index in [-0.39, 0.29) is 18.1 Å². The van der Waals surface area contributed by atoms with E-state index < -0.39 is 11.6 Å². The van der Waals surface area contributed by atoms with Crippen molar-refractivity contribution in [3.63, 3.8) is 0 Å². The fourth-order valence-corrected chi connectivity index (χ4v) is 5.64. The molecule has 2 aromatic rings. The van der Waals surface area contributed by atoms with Gasteiger partial charge in [-0.2, -0.15) is 5.26 Å². The normalized spacial score (nSPS) is 22.0. The lowest BCUT2D eigenvalue weighted by atomic mass is 9.85. The van der Waals surface area contributed by atoms with Crippen LogP contribution in [0.2, 0.25) is 0 Å². The van der Waals surface area contributed by atoms with E-state index in [9.17, 15) is 15.2 Å². The molecule has 0 bridgehead atoms. The van der Waals surface area contributed by atoms with Gasteiger partial charge in [-0.25, -0.2) is 0 Å². The summed E-state index contributed by atoms with van der Waals surface area (Å²) in [6.07, 6.45) is 0.0397. The summed E-state index contributed by atoms with van der Waals surface area (Å²) in [7, 11) is 6.12. The Balaban J connectivity index is 1.78. The maximum absolute atomic E-state index is 13.4. The highest BCUT2D eigenvalue weighted by molar-refractivity contribution is 8.03. The average molecular weight is 469 g/mol. The highest BCUT2D eigenvalue weighted by Crippen LogP contribution is 2.52. The maximum Gasteiger partial charge on any atom is 0.231 e. The quantitative estimate of drug-likeness (QED) is 0.689. The number of carbonyl (C=O) groups excluding carboxylic acids is 1. The van der Waals surface area contributed by atoms with Gasteiger partial charge in [0.15, 0.2) is 28.7 Å². The van der Waals surface area contributed by atoms with Crippen molar-refractivity contribution in [2.45, 2.75) is 18.1 Å². The van der Waals surface area contributed by atoms with Crippen molar-refractivity contribution in [2.75, 3.05) is 34.2 Å². The maximum atomic E-state index is 13.4. The van der Waals surface area contributed by atoms with E-state index in [1.165, 1.54) is 38.0 Å². The number of carbonyl (C=O) groups is 1. The van der Waals surface area contributed by atoms with E-state index >= 15 is 0 Å². The van der Waals surface area contributed by atoms with Crippen molar-refractivity contribution >= 4 is 17.7 Å². The Bertz CT molecular complexity index is 1170. The van der Waals surface area contributed by atoms with Crippen LogP contribution in [0, 0.1) is 11.3 Å². The molecule has 2 heterocycles. The van der Waals surface area contributed by atoms with Gasteiger partial charge < -0.3 is 24.1 Å². The van der Waals surface area contributed by atoms with Crippen LogP contribution in [-0.4, -0.2) is 50.1 Å². The number of methoxy groups -OCH3 is 4. The van der Waals surface area contributed by atoms with E-state index in [2.05, 4.69) is 6.07 Å². The molecule has 1 N–H and O–H groups in total. The molecule has 9 heteroatoms. The standard InChI is InChI=1S/C24H24N2O6S/c1-29-18-7-5-14(9-20(18)31-3)16-11-22(27)26-23(17(16)12-25)33-13-24(26,28)15-6-8-19(30-2)21(10-15)32-4/h5-10,16,28H,11,13H2,1-4H3. The molecule has 2 atom stereocenters. The predicted octanol–water partition coefficient (Wildman–Crippen LogP) is 3.36. The Morgan fingerprint density at radius 1 is 1.00 bits per heavy atom. The van der Waals surface area contributed by atoms with Gasteiger partial charge in [-0.15, -0.1) is 11.8 Å². The van der Waals surface area contributed by atoms with E-state index in [0.29, 0.717) is 39.2 Å². The van der Waals surface area contributed by atoms with Crippen molar-refractivity contribution in [1.82, 2.24) is 4.90 Å². The largest absolute Gasteiger partial charge is 0.493 e. The summed E-state index contributed by atoms with van der Waals surface area (Å²) in [5, 5.41) is 22.1. The minimum atomic E-state index is -1.61. The average Bonchev–Trinajstić information content (AvgIpc) is 3.21. The van der Waals surface area contributed by atoms with Crippen LogP contribution < -0.4 is 18.9 Å². The lowest BCUT2D eigenvalue weighted by Gasteiger charge is -2.38. The second-order valence-corrected chi connectivity index (χ2v) is 8.57. The number of hydrogen-bond acceptors (Lipinski definition) is 8. The molecule has 0 spiro atoms. The Morgan fingerprint density at radius 3 is 2.21 bits per heavy atom. The van der Waals surface area contributed by atoms with E-state index in [4.69, 9.17) is 18.9 Å². The molecule has 2 unspecified atom stereocenters. The summed E-state index contributed by atoms with van der Waals surface area (Å²) in [5.74, 6) is 1.51. The lowest BCUT2D eigenvalue weighted by molar-refractivity contribution is -0.149. The van der Waals surface area contributed by atoms with Crippen LogP contribution in [0.1, 0.15) is 23.5 Å². The minimum Gasteiger partial charge on any atom is -0.493 e. The van der Waals surface area contributed by atoms with Gasteiger partial charge in [0.25, 0.3) is 0 Å². The molecular formula is C24H24N2O6S. The van der Waals surface area contributed by atoms with Gasteiger partial charge in [-0.3, -0.25) is 9.69 Å². The third kappa shape index (κ3) is 3.65. The minimum absolute atomic E-state index is 0.0397. The highest BCUT2D eigenvalue weighted by atomic mass is 32.2. The second kappa shape index (κ2) is 8.89. The third-order valence-corrected chi connectivity index (χ3v) is 7.19. The molecule has 1 fully saturated rings. The first kappa shape index (κ1) is 22.8. The lowest BCUT2D eigenvalue weighted by Crippen LogP contribution is -2.48. The zero-order chi connectivity index (χ0) is 23.8. The number of benzene rings is 2. The van der Waals surface area contributed by atoms with Crippen molar-refractivity contribution in [3.8, 4) is 29.1 Å². The van der Waals surface area contributed by atoms with Crippen molar-refractivity contribution < 1.29 is 28.8 Å². The van der Waals surface area contributed by atoms with Crippen LogP contribution in [0.25, 0.3) is 0 Å². The van der Waals surface area contributed by atoms with E-state index in [1.807, 2.05) is 6.07 Å². The molecule has 2 aliphatic rings. The highest BCUT2D eigenvalue weighted by Gasteiger charge is 2.52. The number of nitrogens with zero attached hydrogens (tertiary/aromatic N) is 2. The molecule has 33 heavy (non-hydrogen) atoms. The number of allylic oxidation sites excluding steroid dienone is 1. The number of thioether (sulfide) groups is 1. The van der Waals surface area contributed by atoms with Crippen molar-refractivity contribution in [3.05, 3.63) is 58.1 Å². The fraction of sp³-hybridized carbons (Fsp3) is 0.333. The molecule has 2 aliphatic heterocycles. The monoisotopic (exact) mass is 468 g/mol. The van der Waals surface area contributed by atoms with Gasteiger partial charge in [0.1, 0.15) is 0 Å². The smallest absolute Gasteiger partial charge is 0.231 e. The molecule has 2 aromatic carbocycles. The van der Waals surface area contributed by atoms with Gasteiger partial charge in [-0.1, -0.05) is 12.1 Å². The van der Waals surface area contributed by atoms with Crippen LogP contribution in [0.5, 0.6) is 23.0 Å². The summed E-state index contributed by atoms with van der Waals surface area (Å²) in [6, 6.07) is 12.7. The number of ether oxygens (including phenoxy) is 4. The number of fused-ring (bicyclic) bond motifs is 1.